The normalized spacial score (nSPS) is 10.9. The fourth-order valence-electron chi connectivity index (χ4n) is 1.97. The molecule has 0 amide bonds. The van der Waals surface area contributed by atoms with Crippen LogP contribution in [-0.2, 0) is 13.0 Å². The molecule has 1 N–H and O–H groups in total. The first-order valence-electron chi connectivity index (χ1n) is 6.84. The van der Waals surface area contributed by atoms with Gasteiger partial charge in [-0.2, -0.15) is 10.2 Å². The summed E-state index contributed by atoms with van der Waals surface area (Å²) < 4.78 is 0. The number of nitrogens with one attached hydrogen (secondary N) is 1. The molecule has 100 valence electrons. The third-order valence-electron chi connectivity index (χ3n) is 3.11. The van der Waals surface area contributed by atoms with Crippen LogP contribution < -0.4 is 5.32 Å². The van der Waals surface area contributed by atoms with E-state index >= 15 is 0 Å². The Bertz CT molecular complexity index is 535. The summed E-state index contributed by atoms with van der Waals surface area (Å²) in [4.78, 5) is 0. The molecule has 1 heterocycles. The molecule has 0 saturated heterocycles. The van der Waals surface area contributed by atoms with Crippen molar-refractivity contribution < 1.29 is 0 Å². The first kappa shape index (κ1) is 13.7. The molecule has 0 unspecified atom stereocenters. The molecule has 0 spiro atoms. The van der Waals surface area contributed by atoms with Crippen LogP contribution in [0.1, 0.15) is 31.9 Å². The molecule has 0 bridgehead atoms. The van der Waals surface area contributed by atoms with E-state index in [0.717, 1.165) is 18.7 Å². The van der Waals surface area contributed by atoms with Crippen molar-refractivity contribution in [2.24, 2.45) is 0 Å². The largest absolute Gasteiger partial charge is 0.310 e. The van der Waals surface area contributed by atoms with Crippen molar-refractivity contribution in [3.05, 3.63) is 47.7 Å². The molecule has 0 aliphatic carbocycles. The van der Waals surface area contributed by atoms with E-state index in [9.17, 15) is 0 Å². The molecule has 0 aliphatic rings. The summed E-state index contributed by atoms with van der Waals surface area (Å²) in [6, 6.07) is 11.0. The summed E-state index contributed by atoms with van der Waals surface area (Å²) in [7, 11) is 0. The van der Waals surface area contributed by atoms with Gasteiger partial charge in [0.15, 0.2) is 0 Å². The predicted molar refractivity (Wildman–Crippen MR) is 78.8 cm³/mol. The monoisotopic (exact) mass is 255 g/mol. The van der Waals surface area contributed by atoms with Gasteiger partial charge in [-0.15, -0.1) is 0 Å². The summed E-state index contributed by atoms with van der Waals surface area (Å²) in [5, 5.41) is 11.8. The summed E-state index contributed by atoms with van der Waals surface area (Å²) in [5.74, 6) is 0. The van der Waals surface area contributed by atoms with Crippen LogP contribution in [0.3, 0.4) is 0 Å². The number of hydrogen-bond donors (Lipinski definition) is 1. The molecule has 1 aromatic carbocycles. The SMILES string of the molecule is CCc1cnnc(-c2ccccc2CNC(C)C)c1. The highest BCUT2D eigenvalue weighted by atomic mass is 15.1. The minimum atomic E-state index is 0.473. The summed E-state index contributed by atoms with van der Waals surface area (Å²) in [6.45, 7) is 7.29. The zero-order chi connectivity index (χ0) is 13.7. The molecule has 0 aliphatic heterocycles. The number of aromatic nitrogens is 2. The highest BCUT2D eigenvalue weighted by Gasteiger charge is 2.07. The van der Waals surface area contributed by atoms with E-state index in [1.807, 2.05) is 6.20 Å². The first-order valence-corrected chi connectivity index (χ1v) is 6.84. The molecule has 0 fully saturated rings. The summed E-state index contributed by atoms with van der Waals surface area (Å²) in [5.41, 5.74) is 4.61. The molecular formula is C16H21N3. The van der Waals surface area contributed by atoms with Crippen molar-refractivity contribution in [2.45, 2.75) is 39.8 Å². The third kappa shape index (κ3) is 3.61. The van der Waals surface area contributed by atoms with Crippen molar-refractivity contribution >= 4 is 0 Å². The second kappa shape index (κ2) is 6.43. The topological polar surface area (TPSA) is 37.8 Å². The van der Waals surface area contributed by atoms with Crippen LogP contribution in [0, 0.1) is 0 Å². The van der Waals surface area contributed by atoms with Crippen LogP contribution in [0.2, 0.25) is 0 Å². The van der Waals surface area contributed by atoms with E-state index in [1.54, 1.807) is 0 Å². The van der Waals surface area contributed by atoms with Crippen LogP contribution in [0.4, 0.5) is 0 Å². The molecule has 2 aromatic rings. The van der Waals surface area contributed by atoms with E-state index in [-0.39, 0.29) is 0 Å². The molecule has 0 atom stereocenters. The molecule has 1 aromatic heterocycles. The molecule has 19 heavy (non-hydrogen) atoms. The number of rotatable bonds is 5. The first-order chi connectivity index (χ1) is 9.20. The zero-order valence-corrected chi connectivity index (χ0v) is 11.9. The molecule has 3 nitrogen and oxygen atoms in total. The molecular weight excluding hydrogens is 234 g/mol. The van der Waals surface area contributed by atoms with Gasteiger partial charge in [0.2, 0.25) is 0 Å². The predicted octanol–water partition coefficient (Wildman–Crippen LogP) is 3.20. The Labute approximate surface area is 115 Å². The number of nitrogens with zero attached hydrogens (tertiary/aromatic N) is 2. The van der Waals surface area contributed by atoms with Gasteiger partial charge in [0.25, 0.3) is 0 Å². The van der Waals surface area contributed by atoms with E-state index in [0.29, 0.717) is 6.04 Å². The number of hydrogen-bond acceptors (Lipinski definition) is 3. The number of benzene rings is 1. The highest BCUT2D eigenvalue weighted by molar-refractivity contribution is 5.63. The highest BCUT2D eigenvalue weighted by Crippen LogP contribution is 2.22. The standard InChI is InChI=1S/C16H21N3/c1-4-13-9-16(19-18-10-13)15-8-6-5-7-14(15)11-17-12(2)3/h5-10,12,17H,4,11H2,1-3H3. The number of aryl methyl sites for hydroxylation is 1. The Morgan fingerprint density at radius 1 is 1.21 bits per heavy atom. The average molecular weight is 255 g/mol. The van der Waals surface area contributed by atoms with Gasteiger partial charge in [-0.25, -0.2) is 0 Å². The van der Waals surface area contributed by atoms with Gasteiger partial charge < -0.3 is 5.32 Å². The molecule has 0 radical (unpaired) electrons. The second-order valence-corrected chi connectivity index (χ2v) is 5.00. The summed E-state index contributed by atoms with van der Waals surface area (Å²) in [6.07, 6.45) is 2.81. The van der Waals surface area contributed by atoms with E-state index in [2.05, 4.69) is 66.6 Å². The maximum Gasteiger partial charge on any atom is 0.0935 e. The van der Waals surface area contributed by atoms with E-state index in [4.69, 9.17) is 0 Å². The Kier molecular flexibility index (Phi) is 4.63. The van der Waals surface area contributed by atoms with Gasteiger partial charge in [0, 0.05) is 18.2 Å². The van der Waals surface area contributed by atoms with Gasteiger partial charge in [-0.3, -0.25) is 0 Å². The lowest BCUT2D eigenvalue weighted by Gasteiger charge is -2.12. The van der Waals surface area contributed by atoms with Crippen LogP contribution in [0.15, 0.2) is 36.5 Å². The van der Waals surface area contributed by atoms with Crippen molar-refractivity contribution in [2.75, 3.05) is 0 Å². The van der Waals surface area contributed by atoms with Crippen molar-refractivity contribution in [3.63, 3.8) is 0 Å². The third-order valence-corrected chi connectivity index (χ3v) is 3.11. The van der Waals surface area contributed by atoms with Gasteiger partial charge in [-0.1, -0.05) is 45.0 Å². The quantitative estimate of drug-likeness (QED) is 0.891. The van der Waals surface area contributed by atoms with Crippen LogP contribution in [0.5, 0.6) is 0 Å². The molecule has 0 saturated carbocycles. The smallest absolute Gasteiger partial charge is 0.0935 e. The van der Waals surface area contributed by atoms with Crippen LogP contribution >= 0.6 is 0 Å². The molecule has 2 rings (SSSR count). The minimum Gasteiger partial charge on any atom is -0.310 e. The van der Waals surface area contributed by atoms with E-state index < -0.39 is 0 Å². The van der Waals surface area contributed by atoms with Crippen molar-refractivity contribution in [1.29, 1.82) is 0 Å². The van der Waals surface area contributed by atoms with E-state index in [1.165, 1.54) is 16.7 Å². The zero-order valence-electron chi connectivity index (χ0n) is 11.9. The minimum absolute atomic E-state index is 0.473. The van der Waals surface area contributed by atoms with Gasteiger partial charge in [0.05, 0.1) is 11.9 Å². The Balaban J connectivity index is 2.32. The van der Waals surface area contributed by atoms with Gasteiger partial charge >= 0.3 is 0 Å². The molecule has 3 heteroatoms. The lowest BCUT2D eigenvalue weighted by molar-refractivity contribution is 0.589. The summed E-state index contributed by atoms with van der Waals surface area (Å²) >= 11 is 0. The Morgan fingerprint density at radius 3 is 2.74 bits per heavy atom. The Morgan fingerprint density at radius 2 is 2.00 bits per heavy atom. The van der Waals surface area contributed by atoms with Gasteiger partial charge in [-0.05, 0) is 23.6 Å². The van der Waals surface area contributed by atoms with Crippen molar-refractivity contribution in [3.8, 4) is 11.3 Å². The fraction of sp³-hybridized carbons (Fsp3) is 0.375. The maximum atomic E-state index is 4.27. The second-order valence-electron chi connectivity index (χ2n) is 5.00. The lowest BCUT2D eigenvalue weighted by atomic mass is 10.0. The average Bonchev–Trinajstić information content (AvgIpc) is 2.45. The van der Waals surface area contributed by atoms with Gasteiger partial charge in [0.1, 0.15) is 0 Å². The van der Waals surface area contributed by atoms with Crippen LogP contribution in [0.25, 0.3) is 11.3 Å². The van der Waals surface area contributed by atoms with Crippen molar-refractivity contribution in [1.82, 2.24) is 15.5 Å². The lowest BCUT2D eigenvalue weighted by Crippen LogP contribution is -2.22. The Hall–Kier alpha value is -1.74. The maximum absolute atomic E-state index is 4.27. The van der Waals surface area contributed by atoms with Crippen LogP contribution in [-0.4, -0.2) is 16.2 Å². The fourth-order valence-corrected chi connectivity index (χ4v) is 1.97.